The largest absolute Gasteiger partial charge is 0.397 e. The summed E-state index contributed by atoms with van der Waals surface area (Å²) in [4.78, 5) is 2.37. The Labute approximate surface area is 122 Å². The summed E-state index contributed by atoms with van der Waals surface area (Å²) in [6.45, 7) is 9.35. The van der Waals surface area contributed by atoms with Gasteiger partial charge in [-0.15, -0.1) is 0 Å². The first-order valence-electron chi connectivity index (χ1n) is 7.41. The summed E-state index contributed by atoms with van der Waals surface area (Å²) in [5, 5.41) is 15.3. The van der Waals surface area contributed by atoms with E-state index in [2.05, 4.69) is 29.4 Å². The molecule has 0 saturated carbocycles. The molecule has 0 heterocycles. The predicted octanol–water partition coefficient (Wildman–Crippen LogP) is 1.82. The first kappa shape index (κ1) is 16.6. The van der Waals surface area contributed by atoms with Gasteiger partial charge in [-0.3, -0.25) is 0 Å². The minimum atomic E-state index is 0.202. The van der Waals surface area contributed by atoms with E-state index in [1.54, 1.807) is 0 Å². The molecule has 0 saturated heterocycles. The van der Waals surface area contributed by atoms with Crippen molar-refractivity contribution in [3.8, 4) is 0 Å². The van der Waals surface area contributed by atoms with E-state index in [0.29, 0.717) is 0 Å². The lowest BCUT2D eigenvalue weighted by Crippen LogP contribution is -2.28. The van der Waals surface area contributed by atoms with E-state index >= 15 is 0 Å². The Hall–Kier alpha value is -1.46. The molecule has 0 aliphatic rings. The fourth-order valence-electron chi connectivity index (χ4n) is 2.03. The summed E-state index contributed by atoms with van der Waals surface area (Å²) in [5.41, 5.74) is 8.76. The SMILES string of the molecule is CCN(CC)CCNc1ccc(NCCCO)cc1N. The molecule has 0 spiro atoms. The van der Waals surface area contributed by atoms with Gasteiger partial charge in [0.1, 0.15) is 0 Å². The highest BCUT2D eigenvalue weighted by Crippen LogP contribution is 2.22. The van der Waals surface area contributed by atoms with Crippen molar-refractivity contribution in [2.24, 2.45) is 0 Å². The van der Waals surface area contributed by atoms with Crippen LogP contribution in [0, 0.1) is 0 Å². The number of hydrogen-bond donors (Lipinski definition) is 4. The van der Waals surface area contributed by atoms with Crippen LogP contribution in [-0.2, 0) is 0 Å². The molecule has 0 bridgehead atoms. The quantitative estimate of drug-likeness (QED) is 0.389. The van der Waals surface area contributed by atoms with Crippen molar-refractivity contribution in [3.63, 3.8) is 0 Å². The van der Waals surface area contributed by atoms with Crippen LogP contribution in [0.25, 0.3) is 0 Å². The second kappa shape index (κ2) is 9.44. The summed E-state index contributed by atoms with van der Waals surface area (Å²) >= 11 is 0. The van der Waals surface area contributed by atoms with E-state index < -0.39 is 0 Å². The number of aliphatic hydroxyl groups is 1. The van der Waals surface area contributed by atoms with Crippen LogP contribution in [0.1, 0.15) is 20.3 Å². The number of benzene rings is 1. The Morgan fingerprint density at radius 2 is 1.90 bits per heavy atom. The van der Waals surface area contributed by atoms with Gasteiger partial charge in [0.05, 0.1) is 11.4 Å². The first-order chi connectivity index (χ1) is 9.71. The molecule has 114 valence electrons. The topological polar surface area (TPSA) is 73.5 Å². The summed E-state index contributed by atoms with van der Waals surface area (Å²) in [6, 6.07) is 5.93. The number of aliphatic hydroxyl groups excluding tert-OH is 1. The van der Waals surface area contributed by atoms with Crippen molar-refractivity contribution in [1.29, 1.82) is 0 Å². The Morgan fingerprint density at radius 3 is 2.50 bits per heavy atom. The molecule has 0 fully saturated rings. The number of rotatable bonds is 10. The molecule has 5 nitrogen and oxygen atoms in total. The lowest BCUT2D eigenvalue weighted by molar-refractivity contribution is 0.292. The van der Waals surface area contributed by atoms with Crippen LogP contribution < -0.4 is 16.4 Å². The van der Waals surface area contributed by atoms with Crippen LogP contribution in [0.2, 0.25) is 0 Å². The van der Waals surface area contributed by atoms with Gasteiger partial charge in [-0.25, -0.2) is 0 Å². The van der Waals surface area contributed by atoms with Crippen LogP contribution in [0.15, 0.2) is 18.2 Å². The van der Waals surface area contributed by atoms with Crippen LogP contribution in [0.5, 0.6) is 0 Å². The van der Waals surface area contributed by atoms with Gasteiger partial charge in [0.15, 0.2) is 0 Å². The molecule has 0 radical (unpaired) electrons. The molecule has 0 unspecified atom stereocenters. The fraction of sp³-hybridized carbons (Fsp3) is 0.600. The van der Waals surface area contributed by atoms with E-state index in [1.807, 2.05) is 18.2 Å². The third-order valence-electron chi connectivity index (χ3n) is 3.35. The standard InChI is InChI=1S/C15H28N4O/c1-3-19(4-2)10-9-18-15-7-6-13(12-14(15)16)17-8-5-11-20/h6-7,12,17-18,20H,3-5,8-11,16H2,1-2H3. The van der Waals surface area contributed by atoms with E-state index in [1.165, 1.54) is 0 Å². The van der Waals surface area contributed by atoms with Crippen molar-refractivity contribution in [1.82, 2.24) is 4.90 Å². The lowest BCUT2D eigenvalue weighted by Gasteiger charge is -2.19. The van der Waals surface area contributed by atoms with Crippen molar-refractivity contribution < 1.29 is 5.11 Å². The molecule has 5 N–H and O–H groups in total. The summed E-state index contributed by atoms with van der Waals surface area (Å²) in [6.07, 6.45) is 0.740. The maximum absolute atomic E-state index is 8.75. The highest BCUT2D eigenvalue weighted by Gasteiger charge is 2.02. The van der Waals surface area contributed by atoms with Crippen LogP contribution in [-0.4, -0.2) is 49.3 Å². The number of hydrogen-bond acceptors (Lipinski definition) is 5. The number of likely N-dealkylation sites (N-methyl/N-ethyl adjacent to an activating group) is 1. The Kier molecular flexibility index (Phi) is 7.84. The minimum Gasteiger partial charge on any atom is -0.397 e. The van der Waals surface area contributed by atoms with Crippen LogP contribution in [0.3, 0.4) is 0 Å². The van der Waals surface area contributed by atoms with E-state index in [9.17, 15) is 0 Å². The van der Waals surface area contributed by atoms with E-state index in [0.717, 1.165) is 56.2 Å². The smallest absolute Gasteiger partial charge is 0.0575 e. The highest BCUT2D eigenvalue weighted by atomic mass is 16.3. The van der Waals surface area contributed by atoms with E-state index in [4.69, 9.17) is 10.8 Å². The van der Waals surface area contributed by atoms with E-state index in [-0.39, 0.29) is 6.61 Å². The van der Waals surface area contributed by atoms with Gasteiger partial charge in [-0.2, -0.15) is 0 Å². The average Bonchev–Trinajstić information content (AvgIpc) is 2.46. The molecule has 0 aromatic heterocycles. The van der Waals surface area contributed by atoms with Gasteiger partial charge in [0.25, 0.3) is 0 Å². The molecule has 1 rings (SSSR count). The number of nitrogens with one attached hydrogen (secondary N) is 2. The fourth-order valence-corrected chi connectivity index (χ4v) is 2.03. The number of nitrogen functional groups attached to an aromatic ring is 1. The summed E-state index contributed by atoms with van der Waals surface area (Å²) in [5.74, 6) is 0. The summed E-state index contributed by atoms with van der Waals surface area (Å²) < 4.78 is 0. The number of nitrogens with zero attached hydrogens (tertiary/aromatic N) is 1. The second-order valence-electron chi connectivity index (χ2n) is 4.76. The van der Waals surface area contributed by atoms with Crippen molar-refractivity contribution in [2.45, 2.75) is 20.3 Å². The normalized spacial score (nSPS) is 10.8. The van der Waals surface area contributed by atoms with Crippen molar-refractivity contribution >= 4 is 17.1 Å². The third-order valence-corrected chi connectivity index (χ3v) is 3.35. The first-order valence-corrected chi connectivity index (χ1v) is 7.41. The molecule has 0 amide bonds. The Bertz CT molecular complexity index is 380. The predicted molar refractivity (Wildman–Crippen MR) is 87.3 cm³/mol. The monoisotopic (exact) mass is 280 g/mol. The van der Waals surface area contributed by atoms with Gasteiger partial charge in [0, 0.05) is 31.9 Å². The third kappa shape index (κ3) is 5.67. The molecule has 0 aliphatic heterocycles. The maximum Gasteiger partial charge on any atom is 0.0575 e. The minimum absolute atomic E-state index is 0.202. The molecule has 1 aromatic carbocycles. The number of anilines is 3. The van der Waals surface area contributed by atoms with Gasteiger partial charge >= 0.3 is 0 Å². The molecular formula is C15H28N4O. The second-order valence-corrected chi connectivity index (χ2v) is 4.76. The van der Waals surface area contributed by atoms with Gasteiger partial charge in [-0.05, 0) is 37.7 Å². The van der Waals surface area contributed by atoms with Gasteiger partial charge in [0.2, 0.25) is 0 Å². The molecule has 0 aliphatic carbocycles. The van der Waals surface area contributed by atoms with Gasteiger partial charge < -0.3 is 26.4 Å². The number of nitrogens with two attached hydrogens (primary N) is 1. The zero-order valence-corrected chi connectivity index (χ0v) is 12.7. The molecular weight excluding hydrogens is 252 g/mol. The van der Waals surface area contributed by atoms with Crippen molar-refractivity contribution in [3.05, 3.63) is 18.2 Å². The maximum atomic E-state index is 8.75. The zero-order valence-electron chi connectivity index (χ0n) is 12.7. The van der Waals surface area contributed by atoms with Crippen molar-refractivity contribution in [2.75, 3.05) is 55.7 Å². The highest BCUT2D eigenvalue weighted by molar-refractivity contribution is 5.71. The molecule has 0 atom stereocenters. The zero-order chi connectivity index (χ0) is 14.8. The molecule has 1 aromatic rings. The van der Waals surface area contributed by atoms with Crippen LogP contribution >= 0.6 is 0 Å². The van der Waals surface area contributed by atoms with Crippen LogP contribution in [0.4, 0.5) is 17.1 Å². The summed E-state index contributed by atoms with van der Waals surface area (Å²) in [7, 11) is 0. The Balaban J connectivity index is 2.43. The van der Waals surface area contributed by atoms with Gasteiger partial charge in [-0.1, -0.05) is 13.8 Å². The molecule has 5 heteroatoms. The average molecular weight is 280 g/mol. The lowest BCUT2D eigenvalue weighted by atomic mass is 10.2. The molecule has 20 heavy (non-hydrogen) atoms. The Morgan fingerprint density at radius 1 is 1.15 bits per heavy atom.